The van der Waals surface area contributed by atoms with Gasteiger partial charge in [-0.2, -0.15) is 0 Å². The van der Waals surface area contributed by atoms with E-state index in [1.165, 1.54) is 205 Å². The van der Waals surface area contributed by atoms with Crippen molar-refractivity contribution in [2.75, 3.05) is 13.2 Å². The monoisotopic (exact) mass is 967 g/mol. The number of esters is 2. The lowest BCUT2D eigenvalue weighted by molar-refractivity contribution is -0.298. The number of ether oxygens (including phenoxy) is 4. The van der Waals surface area contributed by atoms with E-state index in [1.807, 2.05) is 0 Å². The molecule has 0 aromatic carbocycles. The molecule has 0 amide bonds. The first-order chi connectivity index (χ1) is 33.2. The van der Waals surface area contributed by atoms with Crippen molar-refractivity contribution in [2.24, 2.45) is 0 Å². The smallest absolute Gasteiger partial charge is 0.335 e. The third kappa shape index (κ3) is 37.7. The van der Waals surface area contributed by atoms with Gasteiger partial charge in [0.25, 0.3) is 0 Å². The zero-order valence-corrected chi connectivity index (χ0v) is 43.9. The molecule has 4 N–H and O–H groups in total. The molecule has 0 radical (unpaired) electrons. The molecular formula is C57H106O11. The van der Waals surface area contributed by atoms with Crippen LogP contribution in [0.5, 0.6) is 0 Å². The number of aliphatic carboxylic acids is 1. The van der Waals surface area contributed by atoms with Crippen LogP contribution in [0, 0.1) is 0 Å². The molecule has 1 rings (SSSR count). The lowest BCUT2D eigenvalue weighted by Crippen LogP contribution is -2.60. The average molecular weight is 967 g/mol. The number of allylic oxidation sites excluding steroid dienone is 2. The number of aliphatic hydroxyl groups excluding tert-OH is 3. The Morgan fingerprint density at radius 3 is 1.15 bits per heavy atom. The highest BCUT2D eigenvalue weighted by atomic mass is 16.7. The Labute approximate surface area is 416 Å². The van der Waals surface area contributed by atoms with Crippen molar-refractivity contribution in [1.82, 2.24) is 0 Å². The molecule has 6 unspecified atom stereocenters. The Kier molecular flexibility index (Phi) is 44.5. The standard InChI is InChI=1S/C57H106O11/c1-3-5-7-9-11-13-15-17-19-21-23-24-25-26-28-29-31-33-35-37-39-41-43-45-50(58)65-47-49(48-66-57-54(62)52(60)53(61)55(68-57)56(63)64)67-51(59)46-44-42-40-38-36-34-32-30-27-22-20-18-16-14-12-10-8-6-4-2/h21,23,49,52-55,57,60-62H,3-20,22,24-48H2,1-2H3,(H,63,64)/b23-21-. The minimum absolute atomic E-state index is 0.190. The second-order valence-electron chi connectivity index (χ2n) is 20.1. The fourth-order valence-electron chi connectivity index (χ4n) is 9.11. The Balaban J connectivity index is 2.22. The molecule has 0 aromatic rings. The normalized spacial score (nSPS) is 18.9. The van der Waals surface area contributed by atoms with Crippen molar-refractivity contribution in [3.63, 3.8) is 0 Å². The maximum Gasteiger partial charge on any atom is 0.335 e. The molecule has 400 valence electrons. The third-order valence-electron chi connectivity index (χ3n) is 13.6. The van der Waals surface area contributed by atoms with Gasteiger partial charge in [-0.1, -0.05) is 244 Å². The summed E-state index contributed by atoms with van der Waals surface area (Å²) in [6, 6.07) is 0. The van der Waals surface area contributed by atoms with Crippen LogP contribution in [0.2, 0.25) is 0 Å². The van der Waals surface area contributed by atoms with Gasteiger partial charge in [0, 0.05) is 12.8 Å². The highest BCUT2D eigenvalue weighted by Crippen LogP contribution is 2.23. The van der Waals surface area contributed by atoms with Gasteiger partial charge in [0.1, 0.15) is 24.9 Å². The van der Waals surface area contributed by atoms with Crippen LogP contribution in [-0.2, 0) is 33.3 Å². The molecule has 11 nitrogen and oxygen atoms in total. The SMILES string of the molecule is CCCCCCCCCC/C=C\CCCCCCCCCCCCCC(=O)OCC(COC1OC(C(=O)O)C(O)C(O)C1O)OC(=O)CCCCCCCCCCCCCCCCCCCCC. The summed E-state index contributed by atoms with van der Waals surface area (Å²) in [6.07, 6.45) is 45.5. The van der Waals surface area contributed by atoms with E-state index in [2.05, 4.69) is 26.0 Å². The molecule has 1 aliphatic rings. The highest BCUT2D eigenvalue weighted by Gasteiger charge is 2.47. The van der Waals surface area contributed by atoms with E-state index >= 15 is 0 Å². The van der Waals surface area contributed by atoms with Crippen LogP contribution in [0.4, 0.5) is 0 Å². The fraction of sp³-hybridized carbons (Fsp3) is 0.912. The number of hydrogen-bond donors (Lipinski definition) is 4. The largest absolute Gasteiger partial charge is 0.479 e. The molecule has 0 saturated carbocycles. The fourth-order valence-corrected chi connectivity index (χ4v) is 9.11. The van der Waals surface area contributed by atoms with Crippen LogP contribution >= 0.6 is 0 Å². The zero-order valence-electron chi connectivity index (χ0n) is 43.9. The predicted molar refractivity (Wildman–Crippen MR) is 276 cm³/mol. The molecule has 68 heavy (non-hydrogen) atoms. The Bertz CT molecular complexity index is 1180. The van der Waals surface area contributed by atoms with Gasteiger partial charge in [-0.05, 0) is 38.5 Å². The summed E-state index contributed by atoms with van der Waals surface area (Å²) in [4.78, 5) is 37.1. The Morgan fingerprint density at radius 1 is 0.441 bits per heavy atom. The number of hydrogen-bond acceptors (Lipinski definition) is 10. The second kappa shape index (κ2) is 47.3. The van der Waals surface area contributed by atoms with E-state index in [0.29, 0.717) is 12.8 Å². The van der Waals surface area contributed by atoms with Crippen LogP contribution < -0.4 is 0 Å². The van der Waals surface area contributed by atoms with E-state index in [1.54, 1.807) is 0 Å². The molecule has 0 spiro atoms. The Morgan fingerprint density at radius 2 is 0.779 bits per heavy atom. The number of rotatable bonds is 50. The third-order valence-corrected chi connectivity index (χ3v) is 13.6. The van der Waals surface area contributed by atoms with E-state index in [0.717, 1.165) is 38.5 Å². The van der Waals surface area contributed by atoms with Gasteiger partial charge in [0.15, 0.2) is 18.5 Å². The maximum absolute atomic E-state index is 12.9. The summed E-state index contributed by atoms with van der Waals surface area (Å²) in [5.41, 5.74) is 0. The molecule has 1 aliphatic heterocycles. The summed E-state index contributed by atoms with van der Waals surface area (Å²) < 4.78 is 21.9. The van der Waals surface area contributed by atoms with Gasteiger partial charge >= 0.3 is 17.9 Å². The lowest BCUT2D eigenvalue weighted by Gasteiger charge is -2.38. The van der Waals surface area contributed by atoms with Crippen molar-refractivity contribution in [2.45, 2.75) is 320 Å². The highest BCUT2D eigenvalue weighted by molar-refractivity contribution is 5.73. The molecule has 6 atom stereocenters. The van der Waals surface area contributed by atoms with E-state index in [9.17, 15) is 34.8 Å². The number of aliphatic hydroxyl groups is 3. The minimum Gasteiger partial charge on any atom is -0.479 e. The molecule has 1 fully saturated rings. The maximum atomic E-state index is 12.9. The van der Waals surface area contributed by atoms with Gasteiger partial charge in [-0.3, -0.25) is 9.59 Å². The first-order valence-electron chi connectivity index (χ1n) is 28.7. The van der Waals surface area contributed by atoms with Gasteiger partial charge in [0.05, 0.1) is 6.61 Å². The summed E-state index contributed by atoms with van der Waals surface area (Å²) in [7, 11) is 0. The second-order valence-corrected chi connectivity index (χ2v) is 20.1. The zero-order chi connectivity index (χ0) is 49.6. The Hall–Kier alpha value is -2.05. The van der Waals surface area contributed by atoms with Crippen LogP contribution in [0.3, 0.4) is 0 Å². The quantitative estimate of drug-likeness (QED) is 0.0260. The predicted octanol–water partition coefficient (Wildman–Crippen LogP) is 14.3. The van der Waals surface area contributed by atoms with Crippen LogP contribution in [0.25, 0.3) is 0 Å². The number of unbranched alkanes of at least 4 members (excludes halogenated alkanes) is 37. The molecule has 11 heteroatoms. The summed E-state index contributed by atoms with van der Waals surface area (Å²) in [5, 5.41) is 40.0. The van der Waals surface area contributed by atoms with Crippen molar-refractivity contribution in [1.29, 1.82) is 0 Å². The van der Waals surface area contributed by atoms with Gasteiger partial charge in [-0.15, -0.1) is 0 Å². The molecule has 0 bridgehead atoms. The van der Waals surface area contributed by atoms with Crippen LogP contribution in [-0.4, -0.2) is 88.4 Å². The number of carboxylic acid groups (broad SMARTS) is 1. The number of carboxylic acids is 1. The first kappa shape index (κ1) is 64.0. The molecule has 1 heterocycles. The van der Waals surface area contributed by atoms with Crippen molar-refractivity contribution >= 4 is 17.9 Å². The molecule has 1 saturated heterocycles. The molecule has 0 aromatic heterocycles. The van der Waals surface area contributed by atoms with Crippen molar-refractivity contribution in [3.8, 4) is 0 Å². The number of carbonyl (C=O) groups excluding carboxylic acids is 2. The summed E-state index contributed by atoms with van der Waals surface area (Å²) in [6.45, 7) is 3.88. The van der Waals surface area contributed by atoms with Gasteiger partial charge in [-0.25, -0.2) is 4.79 Å². The van der Waals surface area contributed by atoms with Gasteiger partial charge in [0.2, 0.25) is 0 Å². The molecular weight excluding hydrogens is 861 g/mol. The van der Waals surface area contributed by atoms with E-state index < -0.39 is 54.7 Å². The summed E-state index contributed by atoms with van der Waals surface area (Å²) in [5.74, 6) is -2.42. The average Bonchev–Trinajstić information content (AvgIpc) is 3.32. The topological polar surface area (TPSA) is 169 Å². The van der Waals surface area contributed by atoms with Crippen LogP contribution in [0.1, 0.15) is 284 Å². The number of carbonyl (C=O) groups is 3. The van der Waals surface area contributed by atoms with Crippen molar-refractivity contribution < 1.29 is 53.8 Å². The van der Waals surface area contributed by atoms with E-state index in [-0.39, 0.29) is 26.1 Å². The summed E-state index contributed by atoms with van der Waals surface area (Å²) >= 11 is 0. The minimum atomic E-state index is -1.86. The van der Waals surface area contributed by atoms with Crippen LogP contribution in [0.15, 0.2) is 12.2 Å². The van der Waals surface area contributed by atoms with E-state index in [4.69, 9.17) is 18.9 Å². The molecule has 0 aliphatic carbocycles. The first-order valence-corrected chi connectivity index (χ1v) is 28.7. The lowest BCUT2D eigenvalue weighted by atomic mass is 9.99. The van der Waals surface area contributed by atoms with Gasteiger partial charge < -0.3 is 39.4 Å². The van der Waals surface area contributed by atoms with Crippen molar-refractivity contribution in [3.05, 3.63) is 12.2 Å².